The summed E-state index contributed by atoms with van der Waals surface area (Å²) < 4.78 is 4.98. The predicted molar refractivity (Wildman–Crippen MR) is 79.0 cm³/mol. The maximum Gasteiger partial charge on any atom is 0.349 e. The third kappa shape index (κ3) is 2.95. The van der Waals surface area contributed by atoms with Crippen molar-refractivity contribution in [2.24, 2.45) is 0 Å². The minimum absolute atomic E-state index is 0.0421. The molecule has 2 rings (SSSR count). The number of hydrogen-bond donors (Lipinski definition) is 0. The van der Waals surface area contributed by atoms with Crippen LogP contribution in [0.4, 0.5) is 0 Å². The highest BCUT2D eigenvalue weighted by Gasteiger charge is 2.20. The zero-order valence-corrected chi connectivity index (χ0v) is 11.8. The van der Waals surface area contributed by atoms with E-state index in [1.807, 2.05) is 53.9 Å². The number of nitrogens with zero attached hydrogens (tertiary/aromatic N) is 1. The molecule has 4 heteroatoms. The highest BCUT2D eigenvalue weighted by molar-refractivity contribution is 7.11. The number of rotatable bonds is 4. The molecular weight excluding hydrogens is 270 g/mol. The first-order valence-corrected chi connectivity index (χ1v) is 7.06. The topological polar surface area (TPSA) is 50.1 Å². The molecule has 0 unspecified atom stereocenters. The molecule has 1 aromatic heterocycles. The van der Waals surface area contributed by atoms with Gasteiger partial charge < -0.3 is 4.74 Å². The SMILES string of the molecule is CCOC(=O)C(C#N)=C(c1ccccc1)c1cccs1. The average molecular weight is 283 g/mol. The highest BCUT2D eigenvalue weighted by Crippen LogP contribution is 2.30. The van der Waals surface area contributed by atoms with E-state index in [0.29, 0.717) is 5.57 Å². The van der Waals surface area contributed by atoms with E-state index in [9.17, 15) is 10.1 Å². The average Bonchev–Trinajstić information content (AvgIpc) is 2.99. The van der Waals surface area contributed by atoms with Gasteiger partial charge in [0.25, 0.3) is 0 Å². The lowest BCUT2D eigenvalue weighted by atomic mass is 9.99. The summed E-state index contributed by atoms with van der Waals surface area (Å²) in [6.07, 6.45) is 0. The van der Waals surface area contributed by atoms with Gasteiger partial charge in [0.1, 0.15) is 11.6 Å². The van der Waals surface area contributed by atoms with Gasteiger partial charge in [-0.3, -0.25) is 0 Å². The van der Waals surface area contributed by atoms with Crippen molar-refractivity contribution in [1.29, 1.82) is 5.26 Å². The Kier molecular flexibility index (Phi) is 4.70. The second-order valence-electron chi connectivity index (χ2n) is 3.93. The Balaban J connectivity index is 2.63. The van der Waals surface area contributed by atoms with Gasteiger partial charge in [-0.2, -0.15) is 5.26 Å². The van der Waals surface area contributed by atoms with E-state index in [0.717, 1.165) is 10.4 Å². The molecule has 20 heavy (non-hydrogen) atoms. The monoisotopic (exact) mass is 283 g/mol. The molecule has 2 aromatic rings. The van der Waals surface area contributed by atoms with Crippen LogP contribution >= 0.6 is 11.3 Å². The second kappa shape index (κ2) is 6.69. The molecule has 0 saturated carbocycles. The molecule has 0 amide bonds. The molecule has 0 aliphatic heterocycles. The number of benzene rings is 1. The molecule has 3 nitrogen and oxygen atoms in total. The molecule has 0 aliphatic rings. The zero-order valence-electron chi connectivity index (χ0n) is 11.0. The van der Waals surface area contributed by atoms with E-state index in [1.54, 1.807) is 6.92 Å². The normalized spacial score (nSPS) is 11.4. The van der Waals surface area contributed by atoms with E-state index < -0.39 is 5.97 Å². The van der Waals surface area contributed by atoms with Gasteiger partial charge in [-0.1, -0.05) is 36.4 Å². The number of carbonyl (C=O) groups excluding carboxylic acids is 1. The largest absolute Gasteiger partial charge is 0.462 e. The second-order valence-corrected chi connectivity index (χ2v) is 4.87. The summed E-state index contributed by atoms with van der Waals surface area (Å²) in [4.78, 5) is 12.9. The molecule has 100 valence electrons. The number of esters is 1. The minimum Gasteiger partial charge on any atom is -0.462 e. The van der Waals surface area contributed by atoms with Crippen LogP contribution in [0.2, 0.25) is 0 Å². The first-order valence-electron chi connectivity index (χ1n) is 6.18. The number of carbonyl (C=O) groups is 1. The summed E-state index contributed by atoms with van der Waals surface area (Å²) in [5.41, 5.74) is 1.50. The van der Waals surface area contributed by atoms with Crippen molar-refractivity contribution >= 4 is 22.9 Å². The Hall–Kier alpha value is -2.38. The summed E-state index contributed by atoms with van der Waals surface area (Å²) in [7, 11) is 0. The number of hydrogen-bond acceptors (Lipinski definition) is 4. The van der Waals surface area contributed by atoms with Crippen molar-refractivity contribution in [2.45, 2.75) is 6.92 Å². The van der Waals surface area contributed by atoms with Gasteiger partial charge in [-0.05, 0) is 23.9 Å². The van der Waals surface area contributed by atoms with E-state index >= 15 is 0 Å². The van der Waals surface area contributed by atoms with Crippen LogP contribution in [0.15, 0.2) is 53.4 Å². The van der Waals surface area contributed by atoms with Crippen LogP contribution in [-0.4, -0.2) is 12.6 Å². The fraction of sp³-hybridized carbons (Fsp3) is 0.125. The number of nitriles is 1. The van der Waals surface area contributed by atoms with E-state index in [2.05, 4.69) is 0 Å². The molecular formula is C16H13NO2S. The number of ether oxygens (including phenoxy) is 1. The molecule has 1 heterocycles. The molecule has 1 aromatic carbocycles. The summed E-state index contributed by atoms with van der Waals surface area (Å²) in [5.74, 6) is -0.581. The molecule has 0 saturated heterocycles. The van der Waals surface area contributed by atoms with Crippen LogP contribution in [0.5, 0.6) is 0 Å². The van der Waals surface area contributed by atoms with Gasteiger partial charge >= 0.3 is 5.97 Å². The van der Waals surface area contributed by atoms with Crippen LogP contribution in [0, 0.1) is 11.3 Å². The van der Waals surface area contributed by atoms with E-state index in [4.69, 9.17) is 4.74 Å². The van der Waals surface area contributed by atoms with Crippen molar-refractivity contribution in [2.75, 3.05) is 6.61 Å². The van der Waals surface area contributed by atoms with Crippen molar-refractivity contribution < 1.29 is 9.53 Å². The molecule has 0 N–H and O–H groups in total. The lowest BCUT2D eigenvalue weighted by Crippen LogP contribution is -2.09. The standard InChI is InChI=1S/C16H13NO2S/c1-2-19-16(18)13(11-17)15(14-9-6-10-20-14)12-7-4-3-5-8-12/h3-10H,2H2,1H3. The van der Waals surface area contributed by atoms with Crippen LogP contribution in [0.3, 0.4) is 0 Å². The van der Waals surface area contributed by atoms with Crippen LogP contribution in [-0.2, 0) is 9.53 Å². The van der Waals surface area contributed by atoms with Crippen molar-refractivity contribution in [3.05, 3.63) is 63.9 Å². The van der Waals surface area contributed by atoms with Gasteiger partial charge in [0.15, 0.2) is 0 Å². The van der Waals surface area contributed by atoms with Gasteiger partial charge in [0.05, 0.1) is 6.61 Å². The molecule has 0 aliphatic carbocycles. The molecule has 0 spiro atoms. The Morgan fingerprint density at radius 1 is 1.25 bits per heavy atom. The van der Waals surface area contributed by atoms with Gasteiger partial charge in [-0.15, -0.1) is 11.3 Å². The molecule has 0 bridgehead atoms. The zero-order chi connectivity index (χ0) is 14.4. The van der Waals surface area contributed by atoms with Crippen molar-refractivity contribution in [3.8, 4) is 6.07 Å². The minimum atomic E-state index is -0.581. The van der Waals surface area contributed by atoms with E-state index in [-0.39, 0.29) is 12.2 Å². The van der Waals surface area contributed by atoms with E-state index in [1.165, 1.54) is 11.3 Å². The Morgan fingerprint density at radius 3 is 2.55 bits per heavy atom. The molecule has 0 fully saturated rings. The van der Waals surface area contributed by atoms with Gasteiger partial charge in [-0.25, -0.2) is 4.79 Å². The number of thiophene rings is 1. The summed E-state index contributed by atoms with van der Waals surface area (Å²) in [6.45, 7) is 1.97. The van der Waals surface area contributed by atoms with Crippen LogP contribution in [0.25, 0.3) is 5.57 Å². The predicted octanol–water partition coefficient (Wildman–Crippen LogP) is 3.64. The fourth-order valence-corrected chi connectivity index (χ4v) is 2.64. The fourth-order valence-electron chi connectivity index (χ4n) is 1.84. The van der Waals surface area contributed by atoms with Crippen LogP contribution in [0.1, 0.15) is 17.4 Å². The van der Waals surface area contributed by atoms with Crippen LogP contribution < -0.4 is 0 Å². The Bertz CT molecular complexity index is 652. The third-order valence-electron chi connectivity index (χ3n) is 2.67. The lowest BCUT2D eigenvalue weighted by molar-refractivity contribution is -0.137. The Labute approximate surface area is 121 Å². The van der Waals surface area contributed by atoms with Crippen molar-refractivity contribution in [1.82, 2.24) is 0 Å². The third-order valence-corrected chi connectivity index (χ3v) is 3.56. The highest BCUT2D eigenvalue weighted by atomic mass is 32.1. The first-order chi connectivity index (χ1) is 9.77. The maximum absolute atomic E-state index is 12.0. The smallest absolute Gasteiger partial charge is 0.349 e. The molecule has 0 radical (unpaired) electrons. The summed E-state index contributed by atoms with van der Waals surface area (Å²) in [5, 5.41) is 11.3. The lowest BCUT2D eigenvalue weighted by Gasteiger charge is -2.09. The first kappa shape index (κ1) is 14.0. The van der Waals surface area contributed by atoms with Gasteiger partial charge in [0, 0.05) is 10.5 Å². The Morgan fingerprint density at radius 2 is 2.00 bits per heavy atom. The maximum atomic E-state index is 12.0. The van der Waals surface area contributed by atoms with Crippen molar-refractivity contribution in [3.63, 3.8) is 0 Å². The quantitative estimate of drug-likeness (QED) is 0.489. The molecule has 0 atom stereocenters. The summed E-state index contributed by atoms with van der Waals surface area (Å²) >= 11 is 1.49. The summed E-state index contributed by atoms with van der Waals surface area (Å²) in [6, 6.07) is 15.2. The van der Waals surface area contributed by atoms with Gasteiger partial charge in [0.2, 0.25) is 0 Å².